The maximum atomic E-state index is 13.0. The molecule has 2 aromatic carbocycles. The molecule has 1 N–H and O–H groups in total. The van der Waals surface area contributed by atoms with Crippen LogP contribution in [0.4, 0.5) is 10.2 Å². The first-order valence-electron chi connectivity index (χ1n) is 12.6. The van der Waals surface area contributed by atoms with Crippen LogP contribution >= 0.6 is 0 Å². The molecule has 1 aromatic heterocycles. The fraction of sp³-hybridized carbons (Fsp3) is 0.481. The van der Waals surface area contributed by atoms with Crippen LogP contribution in [-0.2, 0) is 0 Å². The Morgan fingerprint density at radius 1 is 1.06 bits per heavy atom. The molecule has 8 nitrogen and oxygen atoms in total. The molecule has 0 radical (unpaired) electrons. The van der Waals surface area contributed by atoms with Gasteiger partial charge in [-0.05, 0) is 56.6 Å². The standard InChI is InChI=1S/C16H22N2O2.C11H12FN3O/c1-19-16-12-14(13-17)6-7-15(16)20-11-5-10-18-8-3-2-4-9-18;12-8-1-2-9-10(7-8)16-14-11(9)15-5-3-13-4-6-15/h6-7,12H,2-5,8-11H2,1H3;1-2,7,13H,3-6H2. The monoisotopic (exact) mass is 495 g/mol. The molecule has 0 amide bonds. The Kier molecular flexibility index (Phi) is 9.36. The fourth-order valence-corrected chi connectivity index (χ4v) is 4.51. The number of halogens is 1. The van der Waals surface area contributed by atoms with E-state index in [1.54, 1.807) is 31.4 Å². The SMILES string of the molecule is COc1cc(C#N)ccc1OCCCN1CCCCC1.Fc1ccc2c(N3CCNCC3)noc2c1. The van der Waals surface area contributed by atoms with Crippen LogP contribution in [0.25, 0.3) is 11.0 Å². The van der Waals surface area contributed by atoms with Crippen molar-refractivity contribution < 1.29 is 18.4 Å². The van der Waals surface area contributed by atoms with Crippen molar-refractivity contribution in [1.82, 2.24) is 15.4 Å². The molecule has 9 heteroatoms. The van der Waals surface area contributed by atoms with Crippen molar-refractivity contribution in [2.75, 3.05) is 64.4 Å². The second-order valence-corrected chi connectivity index (χ2v) is 8.97. The Morgan fingerprint density at radius 2 is 1.86 bits per heavy atom. The molecule has 5 rings (SSSR count). The number of hydrogen-bond acceptors (Lipinski definition) is 8. The van der Waals surface area contributed by atoms with Crippen LogP contribution in [0.1, 0.15) is 31.2 Å². The Balaban J connectivity index is 0.000000173. The number of hydrogen-bond donors (Lipinski definition) is 1. The first-order valence-corrected chi connectivity index (χ1v) is 12.6. The van der Waals surface area contributed by atoms with Crippen LogP contribution < -0.4 is 19.7 Å². The van der Waals surface area contributed by atoms with E-state index in [9.17, 15) is 4.39 Å². The maximum absolute atomic E-state index is 13.0. The minimum Gasteiger partial charge on any atom is -0.493 e. The average Bonchev–Trinajstić information content (AvgIpc) is 3.35. The number of ether oxygens (including phenoxy) is 2. The Hall–Kier alpha value is -3.35. The first-order chi connectivity index (χ1) is 17.7. The topological polar surface area (TPSA) is 86.8 Å². The summed E-state index contributed by atoms with van der Waals surface area (Å²) in [7, 11) is 1.59. The summed E-state index contributed by atoms with van der Waals surface area (Å²) in [4.78, 5) is 4.66. The van der Waals surface area contributed by atoms with Gasteiger partial charge < -0.3 is 29.1 Å². The van der Waals surface area contributed by atoms with E-state index >= 15 is 0 Å². The van der Waals surface area contributed by atoms with E-state index in [1.807, 2.05) is 0 Å². The predicted octanol–water partition coefficient (Wildman–Crippen LogP) is 4.20. The van der Waals surface area contributed by atoms with Gasteiger partial charge in [0, 0.05) is 44.9 Å². The van der Waals surface area contributed by atoms with E-state index in [4.69, 9.17) is 19.3 Å². The molecule has 3 aromatic rings. The Bertz CT molecular complexity index is 1150. The molecule has 2 fully saturated rings. The van der Waals surface area contributed by atoms with Crippen LogP contribution in [0.2, 0.25) is 0 Å². The number of rotatable bonds is 7. The Labute approximate surface area is 211 Å². The van der Waals surface area contributed by atoms with E-state index in [2.05, 4.69) is 26.3 Å². The number of methoxy groups -OCH3 is 1. The van der Waals surface area contributed by atoms with Gasteiger partial charge in [-0.15, -0.1) is 0 Å². The molecule has 192 valence electrons. The second kappa shape index (κ2) is 13.1. The van der Waals surface area contributed by atoms with Crippen LogP contribution in [0.3, 0.4) is 0 Å². The van der Waals surface area contributed by atoms with Gasteiger partial charge in [-0.25, -0.2) is 4.39 Å². The number of anilines is 1. The molecule has 36 heavy (non-hydrogen) atoms. The lowest BCUT2D eigenvalue weighted by Gasteiger charge is -2.26. The van der Waals surface area contributed by atoms with Gasteiger partial charge in [0.25, 0.3) is 0 Å². The van der Waals surface area contributed by atoms with Crippen LogP contribution in [0.15, 0.2) is 40.9 Å². The molecule has 0 spiro atoms. The highest BCUT2D eigenvalue weighted by Gasteiger charge is 2.17. The highest BCUT2D eigenvalue weighted by Crippen LogP contribution is 2.28. The lowest BCUT2D eigenvalue weighted by Crippen LogP contribution is -2.43. The van der Waals surface area contributed by atoms with Crippen molar-refractivity contribution in [2.24, 2.45) is 0 Å². The van der Waals surface area contributed by atoms with E-state index in [1.165, 1.54) is 44.5 Å². The zero-order chi connectivity index (χ0) is 25.2. The predicted molar refractivity (Wildman–Crippen MR) is 137 cm³/mol. The van der Waals surface area contributed by atoms with E-state index < -0.39 is 0 Å². The van der Waals surface area contributed by atoms with E-state index in [0.717, 1.165) is 50.3 Å². The molecule has 2 aliphatic rings. The lowest BCUT2D eigenvalue weighted by molar-refractivity contribution is 0.203. The van der Waals surface area contributed by atoms with Crippen molar-refractivity contribution in [2.45, 2.75) is 25.7 Å². The summed E-state index contributed by atoms with van der Waals surface area (Å²) >= 11 is 0. The van der Waals surface area contributed by atoms with Crippen LogP contribution in [0, 0.1) is 17.1 Å². The summed E-state index contributed by atoms with van der Waals surface area (Å²) in [5.41, 5.74) is 1.09. The number of likely N-dealkylation sites (tertiary alicyclic amines) is 1. The Morgan fingerprint density at radius 3 is 2.61 bits per heavy atom. The highest BCUT2D eigenvalue weighted by atomic mass is 19.1. The number of nitriles is 1. The molecule has 0 atom stereocenters. The van der Waals surface area contributed by atoms with Gasteiger partial charge in [-0.3, -0.25) is 0 Å². The first kappa shape index (κ1) is 25.7. The van der Waals surface area contributed by atoms with Crippen molar-refractivity contribution in [3.05, 3.63) is 47.8 Å². The summed E-state index contributed by atoms with van der Waals surface area (Å²) in [6.07, 6.45) is 5.03. The molecule has 3 heterocycles. The highest BCUT2D eigenvalue weighted by molar-refractivity contribution is 5.88. The fourth-order valence-electron chi connectivity index (χ4n) is 4.51. The quantitative estimate of drug-likeness (QED) is 0.488. The third-order valence-corrected chi connectivity index (χ3v) is 6.45. The number of aromatic nitrogens is 1. The smallest absolute Gasteiger partial charge is 0.180 e. The maximum Gasteiger partial charge on any atom is 0.180 e. The van der Waals surface area contributed by atoms with Crippen molar-refractivity contribution in [3.63, 3.8) is 0 Å². The molecule has 2 saturated heterocycles. The van der Waals surface area contributed by atoms with Gasteiger partial charge in [0.1, 0.15) is 5.82 Å². The normalized spacial score (nSPS) is 16.2. The second-order valence-electron chi connectivity index (χ2n) is 8.97. The van der Waals surface area contributed by atoms with Gasteiger partial charge in [0.15, 0.2) is 22.9 Å². The summed E-state index contributed by atoms with van der Waals surface area (Å²) in [5, 5.41) is 17.0. The van der Waals surface area contributed by atoms with Crippen molar-refractivity contribution in [1.29, 1.82) is 5.26 Å². The van der Waals surface area contributed by atoms with Crippen molar-refractivity contribution >= 4 is 16.8 Å². The zero-order valence-corrected chi connectivity index (χ0v) is 20.8. The van der Waals surface area contributed by atoms with E-state index in [0.29, 0.717) is 29.3 Å². The van der Waals surface area contributed by atoms with Gasteiger partial charge in [-0.1, -0.05) is 11.6 Å². The summed E-state index contributed by atoms with van der Waals surface area (Å²) < 4.78 is 29.1. The molecular weight excluding hydrogens is 461 g/mol. The number of piperazine rings is 1. The number of piperidine rings is 1. The van der Waals surface area contributed by atoms with Crippen molar-refractivity contribution in [3.8, 4) is 17.6 Å². The minimum atomic E-state index is -0.296. The third-order valence-electron chi connectivity index (χ3n) is 6.45. The number of benzene rings is 2. The average molecular weight is 496 g/mol. The van der Waals surface area contributed by atoms with Gasteiger partial charge in [-0.2, -0.15) is 5.26 Å². The zero-order valence-electron chi connectivity index (χ0n) is 20.8. The summed E-state index contributed by atoms with van der Waals surface area (Å²) in [6.45, 7) is 7.90. The lowest BCUT2D eigenvalue weighted by atomic mass is 10.1. The third kappa shape index (κ3) is 6.86. The minimum absolute atomic E-state index is 0.296. The molecule has 0 unspecified atom stereocenters. The molecule has 0 aliphatic carbocycles. The molecule has 0 bridgehead atoms. The largest absolute Gasteiger partial charge is 0.493 e. The number of fused-ring (bicyclic) bond motifs is 1. The van der Waals surface area contributed by atoms with E-state index in [-0.39, 0.29) is 5.82 Å². The van der Waals surface area contributed by atoms with Gasteiger partial charge in [0.05, 0.1) is 30.7 Å². The molecular formula is C27H34FN5O3. The number of nitrogens with zero attached hydrogens (tertiary/aromatic N) is 4. The van der Waals surface area contributed by atoms with Crippen LogP contribution in [0.5, 0.6) is 11.5 Å². The molecule has 2 aliphatic heterocycles. The summed E-state index contributed by atoms with van der Waals surface area (Å²) in [6, 6.07) is 11.9. The number of nitrogens with one attached hydrogen (secondary N) is 1. The summed E-state index contributed by atoms with van der Waals surface area (Å²) in [5.74, 6) is 1.86. The van der Waals surface area contributed by atoms with Gasteiger partial charge >= 0.3 is 0 Å². The molecule has 0 saturated carbocycles. The van der Waals surface area contributed by atoms with Gasteiger partial charge in [0.2, 0.25) is 0 Å². The van der Waals surface area contributed by atoms with Crippen LogP contribution in [-0.4, -0.2) is 69.6 Å².